The molecule has 0 radical (unpaired) electrons. The zero-order valence-corrected chi connectivity index (χ0v) is 12.8. The largest absolute Gasteiger partial charge is 0.384 e. The molecule has 3 N–H and O–H groups in total. The quantitative estimate of drug-likeness (QED) is 0.656. The molecule has 3 rings (SSSR count). The predicted molar refractivity (Wildman–Crippen MR) is 88.7 cm³/mol. The Morgan fingerprint density at radius 2 is 1.64 bits per heavy atom. The fourth-order valence-corrected chi connectivity index (χ4v) is 2.75. The molecule has 1 aliphatic rings. The second kappa shape index (κ2) is 8.32. The third-order valence-corrected chi connectivity index (χ3v) is 3.67. The lowest BCUT2D eigenvalue weighted by Crippen LogP contribution is -2.20. The van der Waals surface area contributed by atoms with Crippen LogP contribution in [0.4, 0.5) is 0 Å². The average molecular weight is 298 g/mol. The standard InChI is InChI=1S/C15H14O.C3H8N2O/c1-16-10-15-13-8-4-2-6-11(13)12-7-3-5-9-14(12)15;4-1-2-5-3-6/h2-9,15H,10H2,1H3;3H,1-2,4H2,(H,5,6). The summed E-state index contributed by atoms with van der Waals surface area (Å²) in [6.07, 6.45) is 0.632. The van der Waals surface area contributed by atoms with E-state index >= 15 is 0 Å². The van der Waals surface area contributed by atoms with Crippen molar-refractivity contribution in [2.75, 3.05) is 26.8 Å². The van der Waals surface area contributed by atoms with Gasteiger partial charge in [-0.15, -0.1) is 0 Å². The van der Waals surface area contributed by atoms with Crippen molar-refractivity contribution in [2.24, 2.45) is 5.73 Å². The topological polar surface area (TPSA) is 64.3 Å². The van der Waals surface area contributed by atoms with Gasteiger partial charge in [0, 0.05) is 26.1 Å². The molecule has 4 heteroatoms. The van der Waals surface area contributed by atoms with Crippen LogP contribution in [-0.4, -0.2) is 33.2 Å². The van der Waals surface area contributed by atoms with Crippen LogP contribution in [0.15, 0.2) is 48.5 Å². The molecule has 1 amide bonds. The van der Waals surface area contributed by atoms with Gasteiger partial charge in [-0.3, -0.25) is 4.79 Å². The first-order valence-corrected chi connectivity index (χ1v) is 7.37. The van der Waals surface area contributed by atoms with Crippen LogP contribution in [0.3, 0.4) is 0 Å². The van der Waals surface area contributed by atoms with Gasteiger partial charge in [-0.05, 0) is 22.3 Å². The predicted octanol–water partition coefficient (Wildman–Crippen LogP) is 2.14. The molecule has 22 heavy (non-hydrogen) atoms. The minimum absolute atomic E-state index is 0.400. The summed E-state index contributed by atoms with van der Waals surface area (Å²) < 4.78 is 5.34. The average Bonchev–Trinajstić information content (AvgIpc) is 2.89. The highest BCUT2D eigenvalue weighted by molar-refractivity contribution is 5.78. The summed E-state index contributed by atoms with van der Waals surface area (Å²) in [5, 5.41) is 2.39. The lowest BCUT2D eigenvalue weighted by atomic mass is 9.98. The van der Waals surface area contributed by atoms with Crippen molar-refractivity contribution in [3.8, 4) is 11.1 Å². The van der Waals surface area contributed by atoms with Crippen molar-refractivity contribution in [3.05, 3.63) is 59.7 Å². The molecule has 4 nitrogen and oxygen atoms in total. The number of fused-ring (bicyclic) bond motifs is 3. The number of hydrogen-bond acceptors (Lipinski definition) is 3. The number of rotatable bonds is 5. The first-order valence-electron chi connectivity index (χ1n) is 7.37. The number of hydrogen-bond donors (Lipinski definition) is 2. The van der Waals surface area contributed by atoms with E-state index in [4.69, 9.17) is 10.5 Å². The van der Waals surface area contributed by atoms with Gasteiger partial charge in [0.05, 0.1) is 6.61 Å². The molecule has 0 fully saturated rings. The van der Waals surface area contributed by atoms with E-state index < -0.39 is 0 Å². The minimum Gasteiger partial charge on any atom is -0.384 e. The number of benzene rings is 2. The van der Waals surface area contributed by atoms with Crippen LogP contribution in [0.5, 0.6) is 0 Å². The maximum Gasteiger partial charge on any atom is 0.207 e. The number of amides is 1. The number of nitrogens with two attached hydrogens (primary N) is 1. The lowest BCUT2D eigenvalue weighted by molar-refractivity contribution is -0.109. The molecule has 0 bridgehead atoms. The van der Waals surface area contributed by atoms with Crippen molar-refractivity contribution in [3.63, 3.8) is 0 Å². The Balaban J connectivity index is 0.000000254. The lowest BCUT2D eigenvalue weighted by Gasteiger charge is -2.11. The maximum atomic E-state index is 9.40. The van der Waals surface area contributed by atoms with Crippen LogP contribution < -0.4 is 11.1 Å². The zero-order chi connectivity index (χ0) is 15.8. The Morgan fingerprint density at radius 1 is 1.09 bits per heavy atom. The van der Waals surface area contributed by atoms with E-state index in [9.17, 15) is 4.79 Å². The Kier molecular flexibility index (Phi) is 6.13. The van der Waals surface area contributed by atoms with Crippen molar-refractivity contribution < 1.29 is 9.53 Å². The van der Waals surface area contributed by atoms with E-state index in [1.807, 2.05) is 0 Å². The summed E-state index contributed by atoms with van der Waals surface area (Å²) in [6.45, 7) is 1.84. The van der Waals surface area contributed by atoms with Gasteiger partial charge in [-0.2, -0.15) is 0 Å². The summed E-state index contributed by atoms with van der Waals surface area (Å²) in [4.78, 5) is 9.40. The van der Waals surface area contributed by atoms with Crippen molar-refractivity contribution >= 4 is 6.41 Å². The van der Waals surface area contributed by atoms with Crippen molar-refractivity contribution in [1.82, 2.24) is 5.32 Å². The fourth-order valence-electron chi connectivity index (χ4n) is 2.75. The van der Waals surface area contributed by atoms with Gasteiger partial charge in [0.1, 0.15) is 0 Å². The zero-order valence-electron chi connectivity index (χ0n) is 12.8. The molecule has 0 saturated carbocycles. The molecule has 0 unspecified atom stereocenters. The molecule has 0 heterocycles. The molecular weight excluding hydrogens is 276 g/mol. The number of carbonyl (C=O) groups is 1. The van der Waals surface area contributed by atoms with Gasteiger partial charge >= 0.3 is 0 Å². The van der Waals surface area contributed by atoms with Gasteiger partial charge in [-0.25, -0.2) is 0 Å². The number of methoxy groups -OCH3 is 1. The molecule has 1 aliphatic carbocycles. The number of nitrogens with one attached hydrogen (secondary N) is 1. The monoisotopic (exact) mass is 298 g/mol. The number of ether oxygens (including phenoxy) is 1. The van der Waals surface area contributed by atoms with E-state index in [0.29, 0.717) is 25.4 Å². The van der Waals surface area contributed by atoms with E-state index in [-0.39, 0.29) is 0 Å². The summed E-state index contributed by atoms with van der Waals surface area (Å²) in [7, 11) is 1.77. The van der Waals surface area contributed by atoms with Gasteiger partial charge in [0.2, 0.25) is 6.41 Å². The molecular formula is C18H22N2O2. The molecule has 2 aromatic carbocycles. The molecule has 2 aromatic rings. The Labute approximate surface area is 131 Å². The van der Waals surface area contributed by atoms with Crippen molar-refractivity contribution in [2.45, 2.75) is 5.92 Å². The highest BCUT2D eigenvalue weighted by Crippen LogP contribution is 2.44. The third-order valence-electron chi connectivity index (χ3n) is 3.67. The van der Waals surface area contributed by atoms with E-state index in [0.717, 1.165) is 6.61 Å². The van der Waals surface area contributed by atoms with Crippen LogP contribution >= 0.6 is 0 Å². The van der Waals surface area contributed by atoms with Gasteiger partial charge in [0.15, 0.2) is 0 Å². The SMILES string of the molecule is COCC1c2ccccc2-c2ccccc21.NCCNC=O. The highest BCUT2D eigenvalue weighted by Gasteiger charge is 2.27. The molecule has 0 aromatic heterocycles. The molecule has 116 valence electrons. The van der Waals surface area contributed by atoms with Crippen molar-refractivity contribution in [1.29, 1.82) is 0 Å². The van der Waals surface area contributed by atoms with Gasteiger partial charge < -0.3 is 15.8 Å². The second-order valence-electron chi connectivity index (χ2n) is 5.04. The first-order chi connectivity index (χ1) is 10.8. The van der Waals surface area contributed by atoms with Crippen LogP contribution in [0, 0.1) is 0 Å². The molecule has 0 aliphatic heterocycles. The summed E-state index contributed by atoms with van der Waals surface area (Å²) in [6, 6.07) is 17.2. The van der Waals surface area contributed by atoms with Crippen LogP contribution in [0.25, 0.3) is 11.1 Å². The maximum absolute atomic E-state index is 9.40. The highest BCUT2D eigenvalue weighted by atomic mass is 16.5. The Morgan fingerprint density at radius 3 is 2.05 bits per heavy atom. The summed E-state index contributed by atoms with van der Waals surface area (Å²) in [5.74, 6) is 0.400. The van der Waals surface area contributed by atoms with E-state index in [2.05, 4.69) is 53.8 Å². The molecule has 0 atom stereocenters. The van der Waals surface area contributed by atoms with E-state index in [1.54, 1.807) is 7.11 Å². The normalized spacial score (nSPS) is 11.9. The van der Waals surface area contributed by atoms with Crippen LogP contribution in [0.1, 0.15) is 17.0 Å². The second-order valence-corrected chi connectivity index (χ2v) is 5.04. The van der Waals surface area contributed by atoms with Crippen LogP contribution in [0.2, 0.25) is 0 Å². The first kappa shape index (κ1) is 16.2. The van der Waals surface area contributed by atoms with Crippen LogP contribution in [-0.2, 0) is 9.53 Å². The summed E-state index contributed by atoms with van der Waals surface area (Å²) in [5.41, 5.74) is 10.5. The summed E-state index contributed by atoms with van der Waals surface area (Å²) >= 11 is 0. The van der Waals surface area contributed by atoms with E-state index in [1.165, 1.54) is 22.3 Å². The minimum atomic E-state index is 0.400. The molecule has 0 saturated heterocycles. The van der Waals surface area contributed by atoms with Gasteiger partial charge in [0.25, 0.3) is 0 Å². The van der Waals surface area contributed by atoms with Gasteiger partial charge in [-0.1, -0.05) is 48.5 Å². The Bertz CT molecular complexity index is 568. The number of carbonyl (C=O) groups excluding carboxylic acids is 1. The smallest absolute Gasteiger partial charge is 0.207 e. The third kappa shape index (κ3) is 3.53. The molecule has 0 spiro atoms. The Hall–Kier alpha value is -2.17. The fraction of sp³-hybridized carbons (Fsp3) is 0.278.